The molecule has 1 N–H and O–H groups in total. The molecule has 0 radical (unpaired) electrons. The van der Waals surface area contributed by atoms with Gasteiger partial charge in [-0.2, -0.15) is 11.8 Å². The molecule has 4 heteroatoms. The second kappa shape index (κ2) is 6.19. The molecule has 3 rings (SSSR count). The Labute approximate surface area is 131 Å². The molecular formula is C17H24O3S. The Morgan fingerprint density at radius 3 is 3.05 bits per heavy atom. The highest BCUT2D eigenvalue weighted by Gasteiger charge is 2.42. The molecule has 2 saturated heterocycles. The highest BCUT2D eigenvalue weighted by Crippen LogP contribution is 2.45. The molecule has 2 aliphatic heterocycles. The van der Waals surface area contributed by atoms with E-state index in [1.54, 1.807) is 7.11 Å². The van der Waals surface area contributed by atoms with Crippen molar-refractivity contribution in [3.05, 3.63) is 29.3 Å². The minimum atomic E-state index is -0.466. The van der Waals surface area contributed by atoms with E-state index in [2.05, 4.69) is 0 Å². The number of benzene rings is 1. The lowest BCUT2D eigenvalue weighted by Gasteiger charge is -2.39. The third kappa shape index (κ3) is 3.08. The van der Waals surface area contributed by atoms with Crippen LogP contribution in [0.2, 0.25) is 0 Å². The molecule has 0 amide bonds. The third-order valence-corrected chi connectivity index (χ3v) is 5.98. The number of thioether (sulfide) groups is 1. The first-order chi connectivity index (χ1) is 10.1. The number of aliphatic hydroxyl groups excluding tert-OH is 1. The monoisotopic (exact) mass is 308 g/mol. The number of methoxy groups -OCH3 is 1. The van der Waals surface area contributed by atoms with E-state index >= 15 is 0 Å². The van der Waals surface area contributed by atoms with Gasteiger partial charge in [-0.25, -0.2) is 0 Å². The van der Waals surface area contributed by atoms with Crippen LogP contribution in [-0.2, 0) is 4.74 Å². The lowest BCUT2D eigenvalue weighted by Crippen LogP contribution is -2.41. The summed E-state index contributed by atoms with van der Waals surface area (Å²) in [5, 5.41) is 10.8. The van der Waals surface area contributed by atoms with Gasteiger partial charge in [-0.15, -0.1) is 0 Å². The predicted octanol–water partition coefficient (Wildman–Crippen LogP) is 3.34. The summed E-state index contributed by atoms with van der Waals surface area (Å²) in [5.74, 6) is 3.30. The average Bonchev–Trinajstić information content (AvgIpc) is 2.94. The van der Waals surface area contributed by atoms with E-state index in [4.69, 9.17) is 9.47 Å². The molecule has 1 spiro atoms. The standard InChI is InChI=1S/C17H24O3S/c1-12-3-4-14(15(9-12)19-2)16(18)13-5-7-20-17(10-13)6-8-21-11-17/h3-4,9,13,16,18H,5-8,10-11H2,1-2H3. The molecule has 0 aliphatic carbocycles. The van der Waals surface area contributed by atoms with Gasteiger partial charge in [0.05, 0.1) is 18.8 Å². The molecule has 0 saturated carbocycles. The van der Waals surface area contributed by atoms with E-state index in [1.165, 1.54) is 5.75 Å². The number of hydrogen-bond donors (Lipinski definition) is 1. The van der Waals surface area contributed by atoms with E-state index in [1.807, 2.05) is 36.9 Å². The Bertz CT molecular complexity index is 497. The molecule has 2 heterocycles. The highest BCUT2D eigenvalue weighted by molar-refractivity contribution is 7.99. The molecule has 2 aliphatic rings. The van der Waals surface area contributed by atoms with Crippen LogP contribution in [0.15, 0.2) is 18.2 Å². The second-order valence-electron chi connectivity index (χ2n) is 6.28. The van der Waals surface area contributed by atoms with Crippen molar-refractivity contribution < 1.29 is 14.6 Å². The van der Waals surface area contributed by atoms with Crippen LogP contribution < -0.4 is 4.74 Å². The van der Waals surface area contributed by atoms with Crippen LogP contribution in [0, 0.1) is 12.8 Å². The van der Waals surface area contributed by atoms with Gasteiger partial charge in [-0.1, -0.05) is 12.1 Å². The number of hydrogen-bond acceptors (Lipinski definition) is 4. The Balaban J connectivity index is 1.79. The van der Waals surface area contributed by atoms with Crippen LogP contribution in [0.3, 0.4) is 0 Å². The minimum Gasteiger partial charge on any atom is -0.496 e. The molecule has 0 bridgehead atoms. The third-order valence-electron chi connectivity index (χ3n) is 4.75. The first-order valence-corrected chi connectivity index (χ1v) is 8.83. The highest BCUT2D eigenvalue weighted by atomic mass is 32.2. The zero-order valence-corrected chi connectivity index (χ0v) is 13.6. The number of rotatable bonds is 3. The molecule has 3 nitrogen and oxygen atoms in total. The average molecular weight is 308 g/mol. The van der Waals surface area contributed by atoms with Crippen molar-refractivity contribution >= 4 is 11.8 Å². The SMILES string of the molecule is COc1cc(C)ccc1C(O)C1CCOC2(CCSC2)C1. The van der Waals surface area contributed by atoms with E-state index in [9.17, 15) is 5.11 Å². The summed E-state index contributed by atoms with van der Waals surface area (Å²) in [6.07, 6.45) is 2.53. The van der Waals surface area contributed by atoms with Gasteiger partial charge in [-0.05, 0) is 49.5 Å². The van der Waals surface area contributed by atoms with Gasteiger partial charge in [0.1, 0.15) is 5.75 Å². The van der Waals surface area contributed by atoms with Crippen LogP contribution in [0.25, 0.3) is 0 Å². The van der Waals surface area contributed by atoms with Crippen molar-refractivity contribution in [2.45, 2.75) is 37.9 Å². The number of ether oxygens (including phenoxy) is 2. The molecule has 21 heavy (non-hydrogen) atoms. The largest absolute Gasteiger partial charge is 0.496 e. The molecule has 3 unspecified atom stereocenters. The fourth-order valence-corrected chi connectivity index (χ4v) is 4.89. The fraction of sp³-hybridized carbons (Fsp3) is 0.647. The molecule has 1 aromatic carbocycles. The summed E-state index contributed by atoms with van der Waals surface area (Å²) in [6.45, 7) is 2.80. The van der Waals surface area contributed by atoms with Gasteiger partial charge < -0.3 is 14.6 Å². The van der Waals surface area contributed by atoms with Crippen molar-refractivity contribution in [2.75, 3.05) is 25.2 Å². The summed E-state index contributed by atoms with van der Waals surface area (Å²) in [5.41, 5.74) is 2.07. The van der Waals surface area contributed by atoms with Gasteiger partial charge in [-0.3, -0.25) is 0 Å². The van der Waals surface area contributed by atoms with E-state index < -0.39 is 6.10 Å². The summed E-state index contributed by atoms with van der Waals surface area (Å²) in [4.78, 5) is 0. The summed E-state index contributed by atoms with van der Waals surface area (Å²) >= 11 is 1.97. The molecular weight excluding hydrogens is 284 g/mol. The molecule has 2 fully saturated rings. The lowest BCUT2D eigenvalue weighted by atomic mass is 9.80. The fourth-order valence-electron chi connectivity index (χ4n) is 3.52. The second-order valence-corrected chi connectivity index (χ2v) is 7.38. The Hall–Kier alpha value is -0.710. The van der Waals surface area contributed by atoms with Gasteiger partial charge in [0.25, 0.3) is 0 Å². The topological polar surface area (TPSA) is 38.7 Å². The maximum absolute atomic E-state index is 10.8. The van der Waals surface area contributed by atoms with Crippen molar-refractivity contribution in [3.63, 3.8) is 0 Å². The van der Waals surface area contributed by atoms with Crippen LogP contribution in [0.1, 0.15) is 36.5 Å². The Morgan fingerprint density at radius 1 is 1.48 bits per heavy atom. The Kier molecular flexibility index (Phi) is 4.48. The van der Waals surface area contributed by atoms with Crippen molar-refractivity contribution in [3.8, 4) is 5.75 Å². The van der Waals surface area contributed by atoms with Gasteiger partial charge in [0.2, 0.25) is 0 Å². The van der Waals surface area contributed by atoms with E-state index in [0.717, 1.165) is 48.5 Å². The normalized spacial score (nSPS) is 30.5. The predicted molar refractivity (Wildman–Crippen MR) is 86.0 cm³/mol. The first kappa shape index (κ1) is 15.2. The smallest absolute Gasteiger partial charge is 0.124 e. The number of aliphatic hydroxyl groups is 1. The van der Waals surface area contributed by atoms with Gasteiger partial charge in [0.15, 0.2) is 0 Å². The lowest BCUT2D eigenvalue weighted by molar-refractivity contribution is -0.102. The van der Waals surface area contributed by atoms with Crippen LogP contribution in [-0.4, -0.2) is 35.9 Å². The van der Waals surface area contributed by atoms with Gasteiger partial charge in [0, 0.05) is 17.9 Å². The molecule has 0 aromatic heterocycles. The zero-order valence-electron chi connectivity index (χ0n) is 12.8. The summed E-state index contributed by atoms with van der Waals surface area (Å²) in [6, 6.07) is 6.05. The van der Waals surface area contributed by atoms with Crippen molar-refractivity contribution in [1.82, 2.24) is 0 Å². The van der Waals surface area contributed by atoms with E-state index in [0.29, 0.717) is 0 Å². The summed E-state index contributed by atoms with van der Waals surface area (Å²) < 4.78 is 11.5. The van der Waals surface area contributed by atoms with E-state index in [-0.39, 0.29) is 11.5 Å². The zero-order chi connectivity index (χ0) is 14.9. The Morgan fingerprint density at radius 2 is 2.33 bits per heavy atom. The van der Waals surface area contributed by atoms with Gasteiger partial charge >= 0.3 is 0 Å². The van der Waals surface area contributed by atoms with Crippen LogP contribution >= 0.6 is 11.8 Å². The maximum Gasteiger partial charge on any atom is 0.124 e. The first-order valence-electron chi connectivity index (χ1n) is 7.68. The van der Waals surface area contributed by atoms with Crippen LogP contribution in [0.4, 0.5) is 0 Å². The molecule has 1 aromatic rings. The van der Waals surface area contributed by atoms with Crippen LogP contribution in [0.5, 0.6) is 5.75 Å². The maximum atomic E-state index is 10.8. The number of aryl methyl sites for hydroxylation is 1. The van der Waals surface area contributed by atoms with Crippen molar-refractivity contribution in [1.29, 1.82) is 0 Å². The molecule has 3 atom stereocenters. The molecule has 116 valence electrons. The summed E-state index contributed by atoms with van der Waals surface area (Å²) in [7, 11) is 1.67. The quantitative estimate of drug-likeness (QED) is 0.929. The van der Waals surface area contributed by atoms with Crippen molar-refractivity contribution in [2.24, 2.45) is 5.92 Å². The minimum absolute atomic E-state index is 0.00644.